The van der Waals surface area contributed by atoms with Gasteiger partial charge in [0.2, 0.25) is 0 Å². The van der Waals surface area contributed by atoms with Gasteiger partial charge in [-0.25, -0.2) is 4.98 Å². The number of benzene rings is 2. The Bertz CT molecular complexity index is 985. The third kappa shape index (κ3) is 4.51. The van der Waals surface area contributed by atoms with E-state index in [4.69, 9.17) is 21.1 Å². The van der Waals surface area contributed by atoms with E-state index in [0.717, 1.165) is 23.9 Å². The number of aromatic nitrogens is 1. The lowest BCUT2D eigenvalue weighted by molar-refractivity contribution is -0.138. The predicted octanol–water partition coefficient (Wildman–Crippen LogP) is 6.25. The summed E-state index contributed by atoms with van der Waals surface area (Å²) >= 11 is 6.81. The minimum Gasteiger partial charge on any atom is -0.480 e. The van der Waals surface area contributed by atoms with E-state index in [1.807, 2.05) is 0 Å². The number of nitrogens with zero attached hydrogens (tertiary/aromatic N) is 1. The second kappa shape index (κ2) is 7.89. The van der Waals surface area contributed by atoms with E-state index in [0.29, 0.717) is 27.6 Å². The average molecular weight is 428 g/mol. The molecule has 1 atom stereocenters. The first-order valence-electron chi connectivity index (χ1n) is 7.99. The first kappa shape index (κ1) is 20.3. The second-order valence-electron chi connectivity index (χ2n) is 5.84. The van der Waals surface area contributed by atoms with Crippen LogP contribution in [0.2, 0.25) is 5.02 Å². The van der Waals surface area contributed by atoms with Crippen molar-refractivity contribution in [3.05, 3.63) is 59.1 Å². The number of carboxylic acids is 1. The molecule has 0 aliphatic carbocycles. The van der Waals surface area contributed by atoms with Gasteiger partial charge in [-0.3, -0.25) is 4.79 Å². The summed E-state index contributed by atoms with van der Waals surface area (Å²) in [5.74, 6) is -0.719. The molecule has 0 fully saturated rings. The van der Waals surface area contributed by atoms with Crippen LogP contribution in [0.25, 0.3) is 22.6 Å². The van der Waals surface area contributed by atoms with Gasteiger partial charge < -0.3 is 9.52 Å². The van der Waals surface area contributed by atoms with Crippen molar-refractivity contribution in [1.82, 2.24) is 4.98 Å². The summed E-state index contributed by atoms with van der Waals surface area (Å²) in [5.41, 5.74) is 0.566. The summed E-state index contributed by atoms with van der Waals surface area (Å²) < 4.78 is 44.2. The Hall–Kier alpha value is -2.45. The van der Waals surface area contributed by atoms with Crippen molar-refractivity contribution >= 4 is 29.3 Å². The third-order valence-electron chi connectivity index (χ3n) is 3.82. The van der Waals surface area contributed by atoms with Gasteiger partial charge in [-0.2, -0.15) is 13.2 Å². The van der Waals surface area contributed by atoms with Gasteiger partial charge in [-0.1, -0.05) is 35.5 Å². The molecule has 28 heavy (non-hydrogen) atoms. The molecule has 4 nitrogen and oxygen atoms in total. The zero-order valence-corrected chi connectivity index (χ0v) is 15.9. The molecule has 2 aromatic carbocycles. The van der Waals surface area contributed by atoms with Gasteiger partial charge in [0, 0.05) is 16.1 Å². The topological polar surface area (TPSA) is 63.3 Å². The number of oxazole rings is 1. The molecule has 0 aliphatic rings. The highest BCUT2D eigenvalue weighted by Gasteiger charge is 2.30. The molecule has 1 unspecified atom stereocenters. The lowest BCUT2D eigenvalue weighted by Gasteiger charge is -2.07. The van der Waals surface area contributed by atoms with Crippen LogP contribution >= 0.6 is 23.4 Å². The number of hydrogen-bond acceptors (Lipinski definition) is 4. The maximum absolute atomic E-state index is 12.8. The van der Waals surface area contributed by atoms with Crippen LogP contribution in [0, 0.1) is 0 Å². The molecule has 0 saturated carbocycles. The van der Waals surface area contributed by atoms with Crippen LogP contribution in [0.3, 0.4) is 0 Å². The lowest BCUT2D eigenvalue weighted by Crippen LogP contribution is -2.10. The number of carbonyl (C=O) groups is 1. The quantitative estimate of drug-likeness (QED) is 0.488. The summed E-state index contributed by atoms with van der Waals surface area (Å²) in [5, 5.41) is 8.89. The summed E-state index contributed by atoms with van der Waals surface area (Å²) in [7, 11) is 0. The number of aliphatic carboxylic acids is 1. The van der Waals surface area contributed by atoms with Crippen molar-refractivity contribution in [1.29, 1.82) is 0 Å². The Morgan fingerprint density at radius 1 is 1.11 bits per heavy atom. The zero-order chi connectivity index (χ0) is 20.5. The third-order valence-corrected chi connectivity index (χ3v) is 5.01. The van der Waals surface area contributed by atoms with Gasteiger partial charge in [0.1, 0.15) is 10.9 Å². The van der Waals surface area contributed by atoms with Crippen molar-refractivity contribution < 1.29 is 27.5 Å². The van der Waals surface area contributed by atoms with Gasteiger partial charge in [0.15, 0.2) is 5.76 Å². The number of halogens is 4. The molecule has 3 aromatic rings. The maximum Gasteiger partial charge on any atom is 0.416 e. The van der Waals surface area contributed by atoms with Crippen molar-refractivity contribution in [3.8, 4) is 22.6 Å². The summed E-state index contributed by atoms with van der Waals surface area (Å²) in [4.78, 5) is 15.4. The Morgan fingerprint density at radius 2 is 1.68 bits per heavy atom. The molecule has 0 aliphatic heterocycles. The van der Waals surface area contributed by atoms with Crippen LogP contribution < -0.4 is 0 Å². The van der Waals surface area contributed by atoms with Crippen LogP contribution in [-0.4, -0.2) is 21.3 Å². The molecule has 1 N–H and O–H groups in total. The smallest absolute Gasteiger partial charge is 0.416 e. The lowest BCUT2D eigenvalue weighted by atomic mass is 10.0. The van der Waals surface area contributed by atoms with Crippen molar-refractivity contribution in [2.24, 2.45) is 0 Å². The standard InChI is InChI=1S/C19H13ClF3NO3S/c1-10(17(25)26)28-18-24-15(11-2-6-13(7-3-11)19(21,22)23)16(27-18)12-4-8-14(20)9-5-12/h2-10H,1H3,(H,25,26). The van der Waals surface area contributed by atoms with Crippen LogP contribution in [0.4, 0.5) is 13.2 Å². The number of hydrogen-bond donors (Lipinski definition) is 1. The van der Waals surface area contributed by atoms with E-state index in [-0.39, 0.29) is 5.22 Å². The number of thioether (sulfide) groups is 1. The van der Waals surface area contributed by atoms with Gasteiger partial charge in [-0.05, 0) is 43.3 Å². The van der Waals surface area contributed by atoms with Gasteiger partial charge in [0.05, 0.1) is 5.56 Å². The SMILES string of the molecule is CC(Sc1nc(-c2ccc(C(F)(F)F)cc2)c(-c2ccc(Cl)cc2)o1)C(=O)O. The molecule has 1 heterocycles. The van der Waals surface area contributed by atoms with E-state index in [1.165, 1.54) is 19.1 Å². The molecule has 9 heteroatoms. The molecular weight excluding hydrogens is 415 g/mol. The van der Waals surface area contributed by atoms with E-state index < -0.39 is 23.0 Å². The average Bonchev–Trinajstić information content (AvgIpc) is 3.05. The van der Waals surface area contributed by atoms with E-state index in [9.17, 15) is 18.0 Å². The van der Waals surface area contributed by atoms with E-state index in [2.05, 4.69) is 4.98 Å². The normalized spacial score (nSPS) is 12.8. The van der Waals surface area contributed by atoms with Crippen molar-refractivity contribution in [2.75, 3.05) is 0 Å². The molecule has 3 rings (SSSR count). The zero-order valence-electron chi connectivity index (χ0n) is 14.3. The first-order chi connectivity index (χ1) is 13.1. The molecule has 0 amide bonds. The summed E-state index contributed by atoms with van der Waals surface area (Å²) in [6.07, 6.45) is -4.45. The molecule has 0 bridgehead atoms. The fourth-order valence-electron chi connectivity index (χ4n) is 2.36. The highest BCUT2D eigenvalue weighted by atomic mass is 35.5. The Balaban J connectivity index is 2.06. The minimum absolute atomic E-state index is 0.106. The van der Waals surface area contributed by atoms with Crippen LogP contribution in [0.15, 0.2) is 58.2 Å². The fourth-order valence-corrected chi connectivity index (χ4v) is 3.17. The molecular formula is C19H13ClF3NO3S. The number of carboxylic acid groups (broad SMARTS) is 1. The first-order valence-corrected chi connectivity index (χ1v) is 9.25. The highest BCUT2D eigenvalue weighted by Crippen LogP contribution is 2.38. The number of rotatable bonds is 5. The summed E-state index contributed by atoms with van der Waals surface area (Å²) in [6.45, 7) is 1.48. The maximum atomic E-state index is 12.8. The van der Waals surface area contributed by atoms with Gasteiger partial charge in [0.25, 0.3) is 5.22 Å². The Morgan fingerprint density at radius 3 is 2.21 bits per heavy atom. The van der Waals surface area contributed by atoms with Crippen LogP contribution in [-0.2, 0) is 11.0 Å². The van der Waals surface area contributed by atoms with Gasteiger partial charge in [-0.15, -0.1) is 0 Å². The minimum atomic E-state index is -4.45. The molecule has 1 aromatic heterocycles. The largest absolute Gasteiger partial charge is 0.480 e. The van der Waals surface area contributed by atoms with E-state index in [1.54, 1.807) is 24.3 Å². The molecule has 0 saturated heterocycles. The summed E-state index contributed by atoms with van der Waals surface area (Å²) in [6, 6.07) is 11.2. The van der Waals surface area contributed by atoms with Crippen molar-refractivity contribution in [3.63, 3.8) is 0 Å². The second-order valence-corrected chi connectivity index (χ2v) is 7.57. The van der Waals surface area contributed by atoms with Crippen molar-refractivity contribution in [2.45, 2.75) is 23.6 Å². The monoisotopic (exact) mass is 427 g/mol. The van der Waals surface area contributed by atoms with Crippen LogP contribution in [0.5, 0.6) is 0 Å². The molecule has 0 spiro atoms. The Labute approximate surface area is 167 Å². The molecule has 146 valence electrons. The number of alkyl halides is 3. The van der Waals surface area contributed by atoms with Crippen LogP contribution in [0.1, 0.15) is 12.5 Å². The highest BCUT2D eigenvalue weighted by molar-refractivity contribution is 8.00. The van der Waals surface area contributed by atoms with E-state index >= 15 is 0 Å². The predicted molar refractivity (Wildman–Crippen MR) is 100 cm³/mol. The fraction of sp³-hybridized carbons (Fsp3) is 0.158. The Kier molecular flexibility index (Phi) is 5.71. The molecule has 0 radical (unpaired) electrons. The van der Waals surface area contributed by atoms with Gasteiger partial charge >= 0.3 is 12.1 Å².